The van der Waals surface area contributed by atoms with Crippen molar-refractivity contribution in [3.63, 3.8) is 0 Å². The Morgan fingerprint density at radius 2 is 2.06 bits per heavy atom. The minimum absolute atomic E-state index is 0.355. The van der Waals surface area contributed by atoms with Gasteiger partial charge >= 0.3 is 6.09 Å². The van der Waals surface area contributed by atoms with Gasteiger partial charge in [0.2, 0.25) is 0 Å². The molecule has 4 heteroatoms. The second-order valence-corrected chi connectivity index (χ2v) is 4.54. The van der Waals surface area contributed by atoms with Gasteiger partial charge in [0.25, 0.3) is 0 Å². The summed E-state index contributed by atoms with van der Waals surface area (Å²) in [6.07, 6.45) is 6.54. The average Bonchev–Trinajstić information content (AvgIpc) is 2.83. The van der Waals surface area contributed by atoms with Gasteiger partial charge in [0.15, 0.2) is 11.5 Å². The number of amides is 1. The van der Waals surface area contributed by atoms with E-state index in [0.717, 1.165) is 5.56 Å². The maximum atomic E-state index is 10.7. The first kappa shape index (κ1) is 12.7. The Bertz CT molecular complexity index is 425. The highest BCUT2D eigenvalue weighted by atomic mass is 16.6. The molecule has 2 rings (SSSR count). The zero-order chi connectivity index (χ0) is 13.0. The second-order valence-electron chi connectivity index (χ2n) is 4.54. The van der Waals surface area contributed by atoms with Gasteiger partial charge in [0.1, 0.15) is 0 Å². The first-order valence-electron chi connectivity index (χ1n) is 6.19. The largest absolute Gasteiger partial charge is 0.493 e. The SMILES string of the molecule is COc1cc([CH]C2CCCC2)ccc1OC(N)=O. The van der Waals surface area contributed by atoms with Crippen LogP contribution in [0.1, 0.15) is 31.2 Å². The molecule has 0 atom stereocenters. The molecule has 0 spiro atoms. The molecule has 1 aromatic carbocycles. The van der Waals surface area contributed by atoms with Crippen LogP contribution in [0.4, 0.5) is 4.79 Å². The van der Waals surface area contributed by atoms with E-state index in [0.29, 0.717) is 17.4 Å². The van der Waals surface area contributed by atoms with E-state index in [9.17, 15) is 4.79 Å². The molecular formula is C14H18NO3. The molecule has 18 heavy (non-hydrogen) atoms. The second kappa shape index (κ2) is 5.76. The number of hydrogen-bond acceptors (Lipinski definition) is 3. The predicted molar refractivity (Wildman–Crippen MR) is 68.6 cm³/mol. The van der Waals surface area contributed by atoms with Gasteiger partial charge in [-0.1, -0.05) is 18.9 Å². The Morgan fingerprint density at radius 1 is 1.33 bits per heavy atom. The van der Waals surface area contributed by atoms with E-state index in [1.54, 1.807) is 13.2 Å². The van der Waals surface area contributed by atoms with Gasteiger partial charge in [0, 0.05) is 0 Å². The molecule has 1 aromatic rings. The van der Waals surface area contributed by atoms with Crippen LogP contribution in [0.25, 0.3) is 0 Å². The summed E-state index contributed by atoms with van der Waals surface area (Å²) < 4.78 is 10.1. The molecule has 1 radical (unpaired) electrons. The van der Waals surface area contributed by atoms with Crippen molar-refractivity contribution in [3.8, 4) is 11.5 Å². The van der Waals surface area contributed by atoms with E-state index in [-0.39, 0.29) is 0 Å². The zero-order valence-corrected chi connectivity index (χ0v) is 10.5. The number of carbonyl (C=O) groups is 1. The summed E-state index contributed by atoms with van der Waals surface area (Å²) in [5, 5.41) is 0. The van der Waals surface area contributed by atoms with Gasteiger partial charge in [0.05, 0.1) is 7.11 Å². The molecule has 1 aliphatic rings. The highest BCUT2D eigenvalue weighted by Crippen LogP contribution is 2.33. The van der Waals surface area contributed by atoms with Gasteiger partial charge in [-0.2, -0.15) is 0 Å². The Morgan fingerprint density at radius 3 is 2.67 bits per heavy atom. The Labute approximate surface area is 107 Å². The summed E-state index contributed by atoms with van der Waals surface area (Å²) in [5.41, 5.74) is 6.09. The van der Waals surface area contributed by atoms with Crippen molar-refractivity contribution < 1.29 is 14.3 Å². The standard InChI is InChI=1S/C14H18NO3/c1-17-13-9-11(8-10-4-2-3-5-10)6-7-12(13)18-14(15)16/h6-10H,2-5H2,1H3,(H2,15,16). The molecule has 2 N–H and O–H groups in total. The van der Waals surface area contributed by atoms with Gasteiger partial charge in [-0.25, -0.2) is 4.79 Å². The van der Waals surface area contributed by atoms with Crippen molar-refractivity contribution in [1.82, 2.24) is 0 Å². The summed E-state index contributed by atoms with van der Waals surface area (Å²) in [6, 6.07) is 5.50. The van der Waals surface area contributed by atoms with Crippen molar-refractivity contribution in [3.05, 3.63) is 30.2 Å². The summed E-state index contributed by atoms with van der Waals surface area (Å²) in [6.45, 7) is 0. The highest BCUT2D eigenvalue weighted by molar-refractivity contribution is 5.69. The van der Waals surface area contributed by atoms with Crippen LogP contribution < -0.4 is 15.2 Å². The number of ether oxygens (including phenoxy) is 2. The molecule has 0 aromatic heterocycles. The van der Waals surface area contributed by atoms with E-state index < -0.39 is 6.09 Å². The van der Waals surface area contributed by atoms with Crippen LogP contribution in [0.5, 0.6) is 11.5 Å². The van der Waals surface area contributed by atoms with Crippen molar-refractivity contribution in [1.29, 1.82) is 0 Å². The van der Waals surface area contributed by atoms with E-state index in [1.165, 1.54) is 25.7 Å². The maximum Gasteiger partial charge on any atom is 0.410 e. The topological polar surface area (TPSA) is 61.6 Å². The van der Waals surface area contributed by atoms with Gasteiger partial charge < -0.3 is 15.2 Å². The Balaban J connectivity index is 2.10. The molecule has 0 saturated heterocycles. The molecule has 97 valence electrons. The van der Waals surface area contributed by atoms with Gasteiger partial charge in [-0.05, 0) is 42.9 Å². The monoisotopic (exact) mass is 248 g/mol. The van der Waals surface area contributed by atoms with Crippen LogP contribution in [0.3, 0.4) is 0 Å². The lowest BCUT2D eigenvalue weighted by molar-refractivity contribution is 0.208. The van der Waals surface area contributed by atoms with Crippen molar-refractivity contribution in [2.45, 2.75) is 25.7 Å². The minimum atomic E-state index is -0.833. The minimum Gasteiger partial charge on any atom is -0.493 e. The third-order valence-corrected chi connectivity index (χ3v) is 3.23. The Hall–Kier alpha value is -1.71. The van der Waals surface area contributed by atoms with E-state index in [1.807, 2.05) is 12.1 Å². The van der Waals surface area contributed by atoms with Crippen molar-refractivity contribution in [2.24, 2.45) is 11.7 Å². The summed E-state index contributed by atoms with van der Waals surface area (Å²) >= 11 is 0. The quantitative estimate of drug-likeness (QED) is 0.891. The number of nitrogens with two attached hydrogens (primary N) is 1. The lowest BCUT2D eigenvalue weighted by Gasteiger charge is -2.12. The molecule has 1 amide bonds. The van der Waals surface area contributed by atoms with Crippen LogP contribution in [0.15, 0.2) is 18.2 Å². The third kappa shape index (κ3) is 3.15. The van der Waals surface area contributed by atoms with Crippen LogP contribution in [-0.4, -0.2) is 13.2 Å². The van der Waals surface area contributed by atoms with E-state index >= 15 is 0 Å². The third-order valence-electron chi connectivity index (χ3n) is 3.23. The van der Waals surface area contributed by atoms with Gasteiger partial charge in [-0.15, -0.1) is 0 Å². The molecule has 0 aliphatic heterocycles. The highest BCUT2D eigenvalue weighted by Gasteiger charge is 2.17. The summed E-state index contributed by atoms with van der Waals surface area (Å²) in [5.74, 6) is 1.53. The molecule has 1 aliphatic carbocycles. The number of carbonyl (C=O) groups excluding carboxylic acids is 1. The number of primary amides is 1. The van der Waals surface area contributed by atoms with Crippen LogP contribution in [-0.2, 0) is 0 Å². The average molecular weight is 248 g/mol. The van der Waals surface area contributed by atoms with Crippen molar-refractivity contribution >= 4 is 6.09 Å². The normalized spacial score (nSPS) is 15.6. The van der Waals surface area contributed by atoms with E-state index in [2.05, 4.69) is 6.42 Å². The molecule has 1 fully saturated rings. The molecule has 1 saturated carbocycles. The fourth-order valence-corrected chi connectivity index (χ4v) is 2.38. The van der Waals surface area contributed by atoms with Crippen LogP contribution in [0.2, 0.25) is 0 Å². The number of methoxy groups -OCH3 is 1. The lowest BCUT2D eigenvalue weighted by atomic mass is 9.98. The number of rotatable bonds is 4. The maximum absolute atomic E-state index is 10.7. The Kier molecular flexibility index (Phi) is 4.07. The molecule has 0 unspecified atom stereocenters. The molecule has 0 heterocycles. The lowest BCUT2D eigenvalue weighted by Crippen LogP contribution is -2.16. The smallest absolute Gasteiger partial charge is 0.410 e. The van der Waals surface area contributed by atoms with E-state index in [4.69, 9.17) is 15.2 Å². The first-order valence-corrected chi connectivity index (χ1v) is 6.19. The first-order chi connectivity index (χ1) is 8.69. The van der Waals surface area contributed by atoms with Crippen LogP contribution in [0, 0.1) is 12.3 Å². The summed E-state index contributed by atoms with van der Waals surface area (Å²) in [7, 11) is 1.54. The van der Waals surface area contributed by atoms with Crippen molar-refractivity contribution in [2.75, 3.05) is 7.11 Å². The fraction of sp³-hybridized carbons (Fsp3) is 0.429. The predicted octanol–water partition coefficient (Wildman–Crippen LogP) is 2.90. The molecular weight excluding hydrogens is 230 g/mol. The molecule has 4 nitrogen and oxygen atoms in total. The number of hydrogen-bond donors (Lipinski definition) is 1. The fourth-order valence-electron chi connectivity index (χ4n) is 2.38. The molecule has 0 bridgehead atoms. The van der Waals surface area contributed by atoms with Gasteiger partial charge in [-0.3, -0.25) is 0 Å². The number of benzene rings is 1. The summed E-state index contributed by atoms with van der Waals surface area (Å²) in [4.78, 5) is 10.7. The zero-order valence-electron chi connectivity index (χ0n) is 10.5. The van der Waals surface area contributed by atoms with Crippen LogP contribution >= 0.6 is 0 Å².